The molecule has 134 valence electrons. The summed E-state index contributed by atoms with van der Waals surface area (Å²) in [6.07, 6.45) is 0.976. The molecule has 0 aromatic heterocycles. The van der Waals surface area contributed by atoms with Gasteiger partial charge < -0.3 is 19.5 Å². The van der Waals surface area contributed by atoms with Gasteiger partial charge in [0.05, 0.1) is 6.61 Å². The number of hydrogen-bond donors (Lipinski definition) is 1. The fraction of sp³-hybridized carbons (Fsp3) is 0.350. The molecule has 2 aromatic rings. The van der Waals surface area contributed by atoms with Crippen molar-refractivity contribution in [3.63, 3.8) is 0 Å². The number of hydrogen-bond acceptors (Lipinski definition) is 4. The van der Waals surface area contributed by atoms with Crippen LogP contribution >= 0.6 is 0 Å². The van der Waals surface area contributed by atoms with Crippen molar-refractivity contribution in [2.75, 3.05) is 31.7 Å². The number of ether oxygens (including phenoxy) is 3. The summed E-state index contributed by atoms with van der Waals surface area (Å²) in [4.78, 5) is 12.0. The average Bonchev–Trinajstić information content (AvgIpc) is 2.64. The van der Waals surface area contributed by atoms with Gasteiger partial charge in [-0.1, -0.05) is 25.1 Å². The lowest BCUT2D eigenvalue weighted by atomic mass is 10.2. The van der Waals surface area contributed by atoms with E-state index in [4.69, 9.17) is 14.2 Å². The van der Waals surface area contributed by atoms with E-state index in [1.807, 2.05) is 49.4 Å². The van der Waals surface area contributed by atoms with Crippen LogP contribution in [0.5, 0.6) is 11.5 Å². The van der Waals surface area contributed by atoms with E-state index in [1.54, 1.807) is 6.07 Å². The molecule has 1 N–H and O–H groups in total. The van der Waals surface area contributed by atoms with E-state index in [-0.39, 0.29) is 12.5 Å². The molecule has 0 saturated carbocycles. The molecule has 0 heterocycles. The summed E-state index contributed by atoms with van der Waals surface area (Å²) in [7, 11) is 0. The molecule has 0 saturated heterocycles. The van der Waals surface area contributed by atoms with Crippen LogP contribution in [-0.2, 0) is 16.0 Å². The van der Waals surface area contributed by atoms with Crippen LogP contribution in [0.15, 0.2) is 48.5 Å². The van der Waals surface area contributed by atoms with Gasteiger partial charge in [-0.15, -0.1) is 0 Å². The topological polar surface area (TPSA) is 56.8 Å². The molecule has 0 aliphatic rings. The summed E-state index contributed by atoms with van der Waals surface area (Å²) >= 11 is 0. The van der Waals surface area contributed by atoms with Gasteiger partial charge in [-0.3, -0.25) is 4.79 Å². The number of amides is 1. The van der Waals surface area contributed by atoms with Gasteiger partial charge in [-0.2, -0.15) is 0 Å². The normalized spacial score (nSPS) is 10.3. The molecule has 0 aliphatic heterocycles. The third-order valence-corrected chi connectivity index (χ3v) is 3.52. The second-order valence-corrected chi connectivity index (χ2v) is 5.41. The first-order chi connectivity index (χ1) is 12.2. The number of benzene rings is 2. The van der Waals surface area contributed by atoms with Crippen molar-refractivity contribution in [3.05, 3.63) is 54.1 Å². The van der Waals surface area contributed by atoms with Gasteiger partial charge in [0.1, 0.15) is 18.1 Å². The van der Waals surface area contributed by atoms with E-state index < -0.39 is 0 Å². The van der Waals surface area contributed by atoms with Crippen molar-refractivity contribution in [2.45, 2.75) is 20.3 Å². The van der Waals surface area contributed by atoms with Crippen molar-refractivity contribution < 1.29 is 19.0 Å². The molecular formula is C20H25NO4. The highest BCUT2D eigenvalue weighted by Gasteiger charge is 2.05. The lowest BCUT2D eigenvalue weighted by Crippen LogP contribution is -2.20. The summed E-state index contributed by atoms with van der Waals surface area (Å²) in [6.45, 7) is 5.68. The molecule has 25 heavy (non-hydrogen) atoms. The van der Waals surface area contributed by atoms with Crippen molar-refractivity contribution >= 4 is 11.6 Å². The van der Waals surface area contributed by atoms with Crippen LogP contribution < -0.4 is 14.8 Å². The quantitative estimate of drug-likeness (QED) is 0.669. The highest BCUT2D eigenvalue weighted by Crippen LogP contribution is 2.17. The molecule has 0 atom stereocenters. The summed E-state index contributed by atoms with van der Waals surface area (Å²) in [5, 5.41) is 2.80. The molecule has 0 aliphatic carbocycles. The Balaban J connectivity index is 1.79. The Labute approximate surface area is 148 Å². The largest absolute Gasteiger partial charge is 0.491 e. The Morgan fingerprint density at radius 3 is 2.48 bits per heavy atom. The van der Waals surface area contributed by atoms with Gasteiger partial charge in [-0.25, -0.2) is 0 Å². The predicted octanol–water partition coefficient (Wildman–Crippen LogP) is 3.68. The lowest BCUT2D eigenvalue weighted by Gasteiger charge is -2.10. The number of carbonyl (C=O) groups excluding carboxylic acids is 1. The Morgan fingerprint density at radius 1 is 0.960 bits per heavy atom. The summed E-state index contributed by atoms with van der Waals surface area (Å²) in [5.74, 6) is 1.15. The van der Waals surface area contributed by atoms with E-state index in [2.05, 4.69) is 12.2 Å². The van der Waals surface area contributed by atoms with Crippen LogP contribution in [0, 0.1) is 0 Å². The molecule has 0 unspecified atom stereocenters. The molecule has 0 bridgehead atoms. The smallest absolute Gasteiger partial charge is 0.262 e. The zero-order valence-corrected chi connectivity index (χ0v) is 14.8. The number of aryl methyl sites for hydroxylation is 1. The summed E-state index contributed by atoms with van der Waals surface area (Å²) < 4.78 is 16.3. The van der Waals surface area contributed by atoms with Crippen LogP contribution in [0.4, 0.5) is 5.69 Å². The third kappa shape index (κ3) is 6.85. The van der Waals surface area contributed by atoms with E-state index in [1.165, 1.54) is 5.56 Å². The molecule has 0 fully saturated rings. The van der Waals surface area contributed by atoms with Crippen LogP contribution in [0.25, 0.3) is 0 Å². The van der Waals surface area contributed by atoms with Crippen LogP contribution in [-0.4, -0.2) is 32.3 Å². The van der Waals surface area contributed by atoms with Crippen molar-refractivity contribution in [3.8, 4) is 11.5 Å². The fourth-order valence-electron chi connectivity index (χ4n) is 2.19. The number of carbonyl (C=O) groups is 1. The standard InChI is InChI=1S/C20H25NO4/c1-3-16-8-10-18(11-9-16)25-15-20(22)21-17-6-5-7-19(14-17)24-13-12-23-4-2/h5-11,14H,3-4,12-13,15H2,1-2H3,(H,21,22). The fourth-order valence-corrected chi connectivity index (χ4v) is 2.19. The minimum absolute atomic E-state index is 0.0408. The molecule has 2 rings (SSSR count). The van der Waals surface area contributed by atoms with E-state index >= 15 is 0 Å². The van der Waals surface area contributed by atoms with E-state index in [0.717, 1.165) is 6.42 Å². The first-order valence-corrected chi connectivity index (χ1v) is 8.53. The Bertz CT molecular complexity index is 655. The maximum Gasteiger partial charge on any atom is 0.262 e. The van der Waals surface area contributed by atoms with Crippen LogP contribution in [0.2, 0.25) is 0 Å². The van der Waals surface area contributed by atoms with Gasteiger partial charge in [-0.05, 0) is 43.2 Å². The lowest BCUT2D eigenvalue weighted by molar-refractivity contribution is -0.118. The zero-order valence-electron chi connectivity index (χ0n) is 14.8. The predicted molar refractivity (Wildman–Crippen MR) is 98.4 cm³/mol. The van der Waals surface area contributed by atoms with Crippen molar-refractivity contribution in [1.29, 1.82) is 0 Å². The SMILES string of the molecule is CCOCCOc1cccc(NC(=O)COc2ccc(CC)cc2)c1. The van der Waals surface area contributed by atoms with E-state index in [0.29, 0.717) is 37.0 Å². The maximum atomic E-state index is 12.0. The van der Waals surface area contributed by atoms with Crippen molar-refractivity contribution in [1.82, 2.24) is 0 Å². The Kier molecular flexibility index (Phi) is 7.79. The second kappa shape index (κ2) is 10.4. The molecule has 0 spiro atoms. The third-order valence-electron chi connectivity index (χ3n) is 3.52. The first kappa shape index (κ1) is 18.8. The number of rotatable bonds is 10. The molecule has 2 aromatic carbocycles. The van der Waals surface area contributed by atoms with Gasteiger partial charge in [0.15, 0.2) is 6.61 Å². The molecule has 5 heteroatoms. The van der Waals surface area contributed by atoms with Gasteiger partial charge in [0.25, 0.3) is 5.91 Å². The first-order valence-electron chi connectivity index (χ1n) is 8.53. The van der Waals surface area contributed by atoms with Gasteiger partial charge in [0.2, 0.25) is 0 Å². The molecule has 1 amide bonds. The molecule has 0 radical (unpaired) electrons. The van der Waals surface area contributed by atoms with Gasteiger partial charge >= 0.3 is 0 Å². The second-order valence-electron chi connectivity index (χ2n) is 5.41. The van der Waals surface area contributed by atoms with Crippen molar-refractivity contribution in [2.24, 2.45) is 0 Å². The zero-order chi connectivity index (χ0) is 17.9. The summed E-state index contributed by atoms with van der Waals surface area (Å²) in [6, 6.07) is 15.0. The highest BCUT2D eigenvalue weighted by molar-refractivity contribution is 5.92. The number of nitrogens with one attached hydrogen (secondary N) is 1. The summed E-state index contributed by atoms with van der Waals surface area (Å²) in [5.41, 5.74) is 1.90. The highest BCUT2D eigenvalue weighted by atomic mass is 16.5. The molecule has 5 nitrogen and oxygen atoms in total. The van der Waals surface area contributed by atoms with E-state index in [9.17, 15) is 4.79 Å². The van der Waals surface area contributed by atoms with Crippen LogP contribution in [0.1, 0.15) is 19.4 Å². The Hall–Kier alpha value is -2.53. The maximum absolute atomic E-state index is 12.0. The van der Waals surface area contributed by atoms with Crippen LogP contribution in [0.3, 0.4) is 0 Å². The Morgan fingerprint density at radius 2 is 1.76 bits per heavy atom. The minimum Gasteiger partial charge on any atom is -0.491 e. The minimum atomic E-state index is -0.217. The molecular weight excluding hydrogens is 318 g/mol. The van der Waals surface area contributed by atoms with Gasteiger partial charge in [0, 0.05) is 18.4 Å². The number of anilines is 1. The monoisotopic (exact) mass is 343 g/mol. The average molecular weight is 343 g/mol.